The Balaban J connectivity index is 2.21. The van der Waals surface area contributed by atoms with Gasteiger partial charge in [0.25, 0.3) is 0 Å². The summed E-state index contributed by atoms with van der Waals surface area (Å²) in [5.41, 5.74) is 1.48. The summed E-state index contributed by atoms with van der Waals surface area (Å²) in [4.78, 5) is 6.77. The quantitative estimate of drug-likeness (QED) is 0.781. The van der Waals surface area contributed by atoms with E-state index in [1.54, 1.807) is 6.07 Å². The number of imidazole rings is 1. The predicted molar refractivity (Wildman–Crippen MR) is 80.1 cm³/mol. The Bertz CT molecular complexity index is 653. The number of fused-ring (bicyclic) bond motifs is 1. The van der Waals surface area contributed by atoms with Crippen molar-refractivity contribution in [1.29, 1.82) is 0 Å². The number of likely N-dealkylation sites (N-methyl/N-ethyl adjacent to an activating group) is 1. The number of halogens is 3. The third-order valence-electron chi connectivity index (χ3n) is 3.85. The van der Waals surface area contributed by atoms with Crippen LogP contribution in [0.1, 0.15) is 30.6 Å². The number of benzene rings is 1. The number of alkyl halides is 1. The highest BCUT2D eigenvalue weighted by Gasteiger charge is 2.27. The van der Waals surface area contributed by atoms with Crippen LogP contribution in [0.15, 0.2) is 12.1 Å². The molecule has 1 fully saturated rings. The molecular formula is C14H16Cl2FN3. The van der Waals surface area contributed by atoms with Crippen molar-refractivity contribution in [2.45, 2.75) is 24.8 Å². The normalized spacial score (nSPS) is 21.8. The van der Waals surface area contributed by atoms with Gasteiger partial charge in [-0.2, -0.15) is 0 Å². The first-order valence-corrected chi connectivity index (χ1v) is 7.48. The van der Waals surface area contributed by atoms with Crippen molar-refractivity contribution in [1.82, 2.24) is 14.5 Å². The predicted octanol–water partition coefficient (Wildman–Crippen LogP) is 4.01. The van der Waals surface area contributed by atoms with E-state index < -0.39 is 5.82 Å². The summed E-state index contributed by atoms with van der Waals surface area (Å²) in [6.07, 6.45) is 1.04. The lowest BCUT2D eigenvalue weighted by molar-refractivity contribution is 0.392. The van der Waals surface area contributed by atoms with Crippen LogP contribution in [0.2, 0.25) is 5.02 Å². The molecule has 1 aliphatic heterocycles. The van der Waals surface area contributed by atoms with E-state index in [0.717, 1.165) is 30.9 Å². The maximum Gasteiger partial charge on any atom is 0.144 e. The van der Waals surface area contributed by atoms with E-state index in [0.29, 0.717) is 11.6 Å². The minimum Gasteiger partial charge on any atom is -0.322 e. The van der Waals surface area contributed by atoms with Gasteiger partial charge in [-0.3, -0.25) is 0 Å². The van der Waals surface area contributed by atoms with Gasteiger partial charge in [0.15, 0.2) is 0 Å². The van der Waals surface area contributed by atoms with Gasteiger partial charge in [0.1, 0.15) is 11.6 Å². The van der Waals surface area contributed by atoms with Crippen LogP contribution in [0.5, 0.6) is 0 Å². The molecule has 0 aliphatic carbocycles. The van der Waals surface area contributed by atoms with Crippen LogP contribution in [0.3, 0.4) is 0 Å². The topological polar surface area (TPSA) is 21.1 Å². The Morgan fingerprint density at radius 2 is 2.20 bits per heavy atom. The number of aromatic nitrogens is 2. The molecule has 1 aliphatic rings. The second kappa shape index (κ2) is 5.17. The first kappa shape index (κ1) is 14.1. The molecule has 0 saturated carbocycles. The van der Waals surface area contributed by atoms with Crippen molar-refractivity contribution < 1.29 is 4.39 Å². The fraction of sp³-hybridized carbons (Fsp3) is 0.500. The van der Waals surface area contributed by atoms with Gasteiger partial charge in [-0.05, 0) is 33.0 Å². The third-order valence-corrected chi connectivity index (χ3v) is 4.33. The summed E-state index contributed by atoms with van der Waals surface area (Å²) in [6, 6.07) is 3.35. The van der Waals surface area contributed by atoms with Crippen molar-refractivity contribution in [3.8, 4) is 0 Å². The molecule has 2 heterocycles. The zero-order valence-corrected chi connectivity index (χ0v) is 12.9. The first-order valence-electron chi connectivity index (χ1n) is 6.67. The average Bonchev–Trinajstić information content (AvgIpc) is 2.94. The molecule has 0 spiro atoms. The Morgan fingerprint density at radius 1 is 1.45 bits per heavy atom. The molecular weight excluding hydrogens is 300 g/mol. The molecule has 2 unspecified atom stereocenters. The van der Waals surface area contributed by atoms with E-state index in [2.05, 4.69) is 21.5 Å². The van der Waals surface area contributed by atoms with Gasteiger partial charge in [-0.1, -0.05) is 11.6 Å². The minimum atomic E-state index is -0.443. The van der Waals surface area contributed by atoms with Crippen LogP contribution in [-0.2, 0) is 0 Å². The van der Waals surface area contributed by atoms with Crippen LogP contribution in [0.4, 0.5) is 4.39 Å². The lowest BCUT2D eigenvalue weighted by atomic mass is 10.2. The molecule has 20 heavy (non-hydrogen) atoms. The van der Waals surface area contributed by atoms with Crippen molar-refractivity contribution in [2.75, 3.05) is 20.1 Å². The van der Waals surface area contributed by atoms with Crippen LogP contribution >= 0.6 is 23.2 Å². The lowest BCUT2D eigenvalue weighted by Gasteiger charge is -2.18. The molecule has 0 radical (unpaired) electrons. The molecule has 2 aromatic rings. The highest BCUT2D eigenvalue weighted by molar-refractivity contribution is 6.31. The van der Waals surface area contributed by atoms with Gasteiger partial charge in [0, 0.05) is 18.7 Å². The van der Waals surface area contributed by atoms with Gasteiger partial charge in [0.05, 0.1) is 21.4 Å². The van der Waals surface area contributed by atoms with Crippen molar-refractivity contribution in [2.24, 2.45) is 0 Å². The molecule has 1 saturated heterocycles. The van der Waals surface area contributed by atoms with Gasteiger partial charge < -0.3 is 9.47 Å². The molecule has 0 amide bonds. The Morgan fingerprint density at radius 3 is 2.80 bits per heavy atom. The van der Waals surface area contributed by atoms with E-state index in [9.17, 15) is 4.39 Å². The number of hydrogen-bond acceptors (Lipinski definition) is 2. The molecule has 3 nitrogen and oxygen atoms in total. The summed E-state index contributed by atoms with van der Waals surface area (Å²) < 4.78 is 15.7. The molecule has 1 aromatic heterocycles. The van der Waals surface area contributed by atoms with Gasteiger partial charge >= 0.3 is 0 Å². The van der Waals surface area contributed by atoms with Gasteiger partial charge in [0.2, 0.25) is 0 Å². The summed E-state index contributed by atoms with van der Waals surface area (Å²) in [5.74, 6) is 0.338. The maximum absolute atomic E-state index is 13.6. The third kappa shape index (κ3) is 2.30. The number of rotatable bonds is 2. The minimum absolute atomic E-state index is 0.124. The second-order valence-corrected chi connectivity index (χ2v) is 6.48. The molecule has 1 aromatic carbocycles. The van der Waals surface area contributed by atoms with Crippen molar-refractivity contribution in [3.05, 3.63) is 28.8 Å². The summed E-state index contributed by atoms with van der Waals surface area (Å²) in [7, 11) is 2.09. The highest BCUT2D eigenvalue weighted by atomic mass is 35.5. The largest absolute Gasteiger partial charge is 0.322 e. The van der Waals surface area contributed by atoms with Gasteiger partial charge in [-0.15, -0.1) is 11.6 Å². The van der Waals surface area contributed by atoms with Crippen LogP contribution in [-0.4, -0.2) is 34.6 Å². The first-order chi connectivity index (χ1) is 9.47. The number of likely N-dealkylation sites (tertiary alicyclic amines) is 1. The average molecular weight is 316 g/mol. The van der Waals surface area contributed by atoms with Crippen LogP contribution < -0.4 is 0 Å². The van der Waals surface area contributed by atoms with E-state index in [-0.39, 0.29) is 10.4 Å². The van der Waals surface area contributed by atoms with Crippen LogP contribution in [0, 0.1) is 5.82 Å². The summed E-state index contributed by atoms with van der Waals surface area (Å²) >= 11 is 12.2. The van der Waals surface area contributed by atoms with E-state index in [1.165, 1.54) is 6.07 Å². The van der Waals surface area contributed by atoms with E-state index >= 15 is 0 Å². The monoisotopic (exact) mass is 315 g/mol. The summed E-state index contributed by atoms with van der Waals surface area (Å²) in [6.45, 7) is 3.86. The standard InChI is InChI=1S/C14H16Cl2FN3/c1-8(15)14-18-12-6-11(17)10(16)5-13(12)20(14)9-3-4-19(2)7-9/h5-6,8-9H,3-4,7H2,1-2H3. The molecule has 2 atom stereocenters. The molecule has 6 heteroatoms. The van der Waals surface area contributed by atoms with Crippen molar-refractivity contribution >= 4 is 34.2 Å². The molecule has 0 N–H and O–H groups in total. The SMILES string of the molecule is CC(Cl)c1nc2cc(F)c(Cl)cc2n1C1CCN(C)C1. The maximum atomic E-state index is 13.6. The van der Waals surface area contributed by atoms with Crippen molar-refractivity contribution in [3.63, 3.8) is 0 Å². The lowest BCUT2D eigenvalue weighted by Crippen LogP contribution is -2.18. The molecule has 108 valence electrons. The summed E-state index contributed by atoms with van der Waals surface area (Å²) in [5, 5.41) is -0.103. The van der Waals surface area contributed by atoms with Gasteiger partial charge in [-0.25, -0.2) is 9.37 Å². The van der Waals surface area contributed by atoms with E-state index in [1.807, 2.05) is 6.92 Å². The fourth-order valence-corrected chi connectivity index (χ4v) is 3.21. The number of hydrogen-bond donors (Lipinski definition) is 0. The smallest absolute Gasteiger partial charge is 0.144 e. The second-order valence-electron chi connectivity index (χ2n) is 5.42. The zero-order valence-electron chi connectivity index (χ0n) is 11.4. The number of nitrogens with zero attached hydrogens (tertiary/aromatic N) is 3. The van der Waals surface area contributed by atoms with Crippen LogP contribution in [0.25, 0.3) is 11.0 Å². The van der Waals surface area contributed by atoms with E-state index in [4.69, 9.17) is 23.2 Å². The Labute approximate surface area is 127 Å². The highest BCUT2D eigenvalue weighted by Crippen LogP contribution is 2.33. The molecule has 3 rings (SSSR count). The Hall–Kier alpha value is -0.840. The molecule has 0 bridgehead atoms. The fourth-order valence-electron chi connectivity index (χ4n) is 2.90. The zero-order chi connectivity index (χ0) is 14.4. The Kier molecular flexibility index (Phi) is 3.65.